The van der Waals surface area contributed by atoms with Crippen LogP contribution in [0.5, 0.6) is 0 Å². The van der Waals surface area contributed by atoms with E-state index >= 15 is 0 Å². The number of carbonyl (C=O) groups is 1. The van der Waals surface area contributed by atoms with Gasteiger partial charge in [-0.15, -0.1) is 0 Å². The van der Waals surface area contributed by atoms with Crippen LogP contribution in [0, 0.1) is 5.92 Å². The van der Waals surface area contributed by atoms with Gasteiger partial charge in [-0.1, -0.05) is 38.1 Å². The molecule has 0 unspecified atom stereocenters. The molecule has 0 fully saturated rings. The van der Waals surface area contributed by atoms with Crippen LogP contribution in [-0.2, 0) is 0 Å². The van der Waals surface area contributed by atoms with Crippen LogP contribution in [0.4, 0.5) is 11.4 Å². The number of nitrogens with one attached hydrogen (secondary N) is 2. The van der Waals surface area contributed by atoms with Crippen LogP contribution >= 0.6 is 0 Å². The molecule has 5 heteroatoms. The Hall–Kier alpha value is -2.95. The highest BCUT2D eigenvalue weighted by Crippen LogP contribution is 2.25. The van der Waals surface area contributed by atoms with Gasteiger partial charge < -0.3 is 20.4 Å². The lowest BCUT2D eigenvalue weighted by Gasteiger charge is -2.27. The predicted molar refractivity (Wildman–Crippen MR) is 114 cm³/mol. The summed E-state index contributed by atoms with van der Waals surface area (Å²) in [6.45, 7) is 6.50. The minimum absolute atomic E-state index is 0. The molecule has 0 bridgehead atoms. The summed E-state index contributed by atoms with van der Waals surface area (Å²) >= 11 is 0. The highest BCUT2D eigenvalue weighted by molar-refractivity contribution is 6.06. The smallest absolute Gasteiger partial charge is 0.258 e. The third-order valence-corrected chi connectivity index (χ3v) is 4.50. The number of carbonyl (C=O) groups excluding carboxylic acids is 1. The van der Waals surface area contributed by atoms with Crippen LogP contribution in [0.15, 0.2) is 66.5 Å². The predicted octanol–water partition coefficient (Wildman–Crippen LogP) is 3.66. The highest BCUT2D eigenvalue weighted by atomic mass is 16.2. The van der Waals surface area contributed by atoms with Crippen LogP contribution in [0.3, 0.4) is 0 Å². The largest absolute Gasteiger partial charge is 0.372 e. The van der Waals surface area contributed by atoms with E-state index in [0.29, 0.717) is 18.0 Å². The molecule has 3 rings (SSSR count). The molecule has 0 aromatic heterocycles. The topological polar surface area (TPSA) is 47.6 Å². The summed E-state index contributed by atoms with van der Waals surface area (Å²) in [5.74, 6) is 0.409. The summed E-state index contributed by atoms with van der Waals surface area (Å²) < 4.78 is 0. The molecule has 2 N–H and O–H groups in total. The Kier molecular flexibility index (Phi) is 6.01. The Morgan fingerprint density at radius 2 is 1.85 bits per heavy atom. The lowest BCUT2D eigenvalue weighted by atomic mass is 10.1. The molecule has 2 aromatic carbocycles. The first-order chi connectivity index (χ1) is 13.0. The fourth-order valence-electron chi connectivity index (χ4n) is 3.14. The molecule has 0 saturated heterocycles. The quantitative estimate of drug-likeness (QED) is 0.785. The first kappa shape index (κ1) is 18.8. The molecule has 0 saturated carbocycles. The van der Waals surface area contributed by atoms with Crippen molar-refractivity contribution < 1.29 is 6.22 Å². The molecule has 0 atom stereocenters. The maximum Gasteiger partial charge on any atom is 0.258 e. The molecule has 1 aliphatic rings. The first-order valence-electron chi connectivity index (χ1n) is 9.39. The molecule has 0 spiro atoms. The van der Waals surface area contributed by atoms with Gasteiger partial charge in [-0.3, -0.25) is 4.79 Å². The van der Waals surface area contributed by atoms with E-state index in [1.165, 1.54) is 0 Å². The van der Waals surface area contributed by atoms with Crippen molar-refractivity contribution in [1.82, 2.24) is 10.6 Å². The van der Waals surface area contributed by atoms with Gasteiger partial charge in [-0.25, -0.2) is 0 Å². The molecule has 1 aliphatic heterocycles. The van der Waals surface area contributed by atoms with Crippen molar-refractivity contribution in [1.29, 1.82) is 0 Å². The lowest BCUT2D eigenvalue weighted by Crippen LogP contribution is -2.34. The zero-order chi connectivity index (χ0) is 19.2. The molecule has 27 heavy (non-hydrogen) atoms. The van der Waals surface area contributed by atoms with Crippen molar-refractivity contribution in [2.75, 3.05) is 36.6 Å². The second-order valence-electron chi connectivity index (χ2n) is 7.28. The molecule has 144 valence electrons. The highest BCUT2D eigenvalue weighted by Gasteiger charge is 2.19. The van der Waals surface area contributed by atoms with Crippen molar-refractivity contribution in [2.24, 2.45) is 5.92 Å². The third-order valence-electron chi connectivity index (χ3n) is 4.50. The zero-order valence-corrected chi connectivity index (χ0v) is 16.3. The van der Waals surface area contributed by atoms with Gasteiger partial charge in [0.15, 0.2) is 0 Å². The van der Waals surface area contributed by atoms with Crippen molar-refractivity contribution >= 4 is 17.3 Å². The van der Waals surface area contributed by atoms with Gasteiger partial charge >= 0.3 is 0 Å². The fourth-order valence-corrected chi connectivity index (χ4v) is 3.14. The Bertz CT molecular complexity index is 807. The Morgan fingerprint density at radius 1 is 1.11 bits per heavy atom. The molecule has 1 heterocycles. The average Bonchev–Trinajstić information content (AvgIpc) is 3.19. The minimum Gasteiger partial charge on any atom is -0.372 e. The molecule has 5 nitrogen and oxygen atoms in total. The number of likely N-dealkylation sites (N-methyl/N-ethyl adjacent to an activating group) is 1. The summed E-state index contributed by atoms with van der Waals surface area (Å²) in [5, 5.41) is 6.47. The number of rotatable bonds is 7. The number of nitrogens with zero attached hydrogens (tertiary/aromatic N) is 2. The van der Waals surface area contributed by atoms with Crippen molar-refractivity contribution in [2.45, 2.75) is 13.8 Å². The summed E-state index contributed by atoms with van der Waals surface area (Å²) in [5.41, 5.74) is 3.87. The van der Waals surface area contributed by atoms with Gasteiger partial charge in [-0.2, -0.15) is 0 Å². The van der Waals surface area contributed by atoms with E-state index < -0.39 is 0 Å². The van der Waals surface area contributed by atoms with Gasteiger partial charge in [0.1, 0.15) is 0 Å². The SMILES string of the molecule is CC(C)CN(C(=O)c1ccccc1)c1cccc(N(C)CC2=CNCN2)c1.[HH]. The molecular formula is C22H30N4O. The average molecular weight is 367 g/mol. The minimum atomic E-state index is 0. The maximum atomic E-state index is 13.1. The Morgan fingerprint density at radius 3 is 2.52 bits per heavy atom. The Balaban J connectivity index is 0.00000280. The lowest BCUT2D eigenvalue weighted by molar-refractivity contribution is 0.0984. The number of hydrogen-bond donors (Lipinski definition) is 2. The van der Waals surface area contributed by atoms with E-state index in [1.807, 2.05) is 53.6 Å². The van der Waals surface area contributed by atoms with Gasteiger partial charge in [0, 0.05) is 43.9 Å². The van der Waals surface area contributed by atoms with Crippen LogP contribution in [-0.4, -0.2) is 32.7 Å². The molecule has 0 aliphatic carbocycles. The number of hydrogen-bond acceptors (Lipinski definition) is 4. The second-order valence-corrected chi connectivity index (χ2v) is 7.28. The monoisotopic (exact) mass is 366 g/mol. The summed E-state index contributed by atoms with van der Waals surface area (Å²) in [6, 6.07) is 17.7. The van der Waals surface area contributed by atoms with Crippen LogP contribution in [0.1, 0.15) is 25.6 Å². The number of anilines is 2. The van der Waals surface area contributed by atoms with Gasteiger partial charge in [0.25, 0.3) is 5.91 Å². The summed E-state index contributed by atoms with van der Waals surface area (Å²) in [7, 11) is 2.06. The van der Waals surface area contributed by atoms with E-state index in [4.69, 9.17) is 0 Å². The summed E-state index contributed by atoms with van der Waals surface area (Å²) in [4.78, 5) is 17.2. The molecule has 0 radical (unpaired) electrons. The molecule has 2 aromatic rings. The van der Waals surface area contributed by atoms with Crippen LogP contribution in [0.25, 0.3) is 0 Å². The summed E-state index contributed by atoms with van der Waals surface area (Å²) in [6.07, 6.45) is 2.00. The standard InChI is InChI=1S/C22H28N4O.H2/c1-17(2)14-26(22(27)18-8-5-4-6-9-18)21-11-7-10-20(12-21)25(3)15-19-13-23-16-24-19;/h4-13,17,23-24H,14-16H2,1-3H3;1H. The van der Waals surface area contributed by atoms with Gasteiger partial charge in [-0.05, 0) is 36.2 Å². The van der Waals surface area contributed by atoms with Gasteiger partial charge in [0.2, 0.25) is 0 Å². The van der Waals surface area contributed by atoms with Crippen LogP contribution < -0.4 is 20.4 Å². The first-order valence-corrected chi connectivity index (χ1v) is 9.39. The van der Waals surface area contributed by atoms with E-state index in [-0.39, 0.29) is 7.33 Å². The van der Waals surface area contributed by atoms with Gasteiger partial charge in [0.05, 0.1) is 13.2 Å². The zero-order valence-electron chi connectivity index (χ0n) is 16.3. The van der Waals surface area contributed by atoms with Crippen molar-refractivity contribution in [3.63, 3.8) is 0 Å². The van der Waals surface area contributed by atoms with E-state index in [2.05, 4.69) is 48.6 Å². The molecular weight excluding hydrogens is 336 g/mol. The number of amides is 1. The van der Waals surface area contributed by atoms with E-state index in [1.54, 1.807) is 0 Å². The van der Waals surface area contributed by atoms with E-state index in [0.717, 1.165) is 30.3 Å². The Labute approximate surface area is 163 Å². The fraction of sp³-hybridized carbons (Fsp3) is 0.318. The maximum absolute atomic E-state index is 13.1. The van der Waals surface area contributed by atoms with Crippen molar-refractivity contribution in [3.8, 4) is 0 Å². The third kappa shape index (κ3) is 4.82. The van der Waals surface area contributed by atoms with E-state index in [9.17, 15) is 4.79 Å². The molecule has 1 amide bonds. The normalized spacial score (nSPS) is 13.0. The van der Waals surface area contributed by atoms with Crippen LogP contribution in [0.2, 0.25) is 0 Å². The second kappa shape index (κ2) is 8.62. The number of benzene rings is 2. The van der Waals surface area contributed by atoms with Crippen molar-refractivity contribution in [3.05, 3.63) is 72.1 Å².